The molecule has 1 fully saturated rings. The van der Waals surface area contributed by atoms with Crippen LogP contribution in [0.25, 0.3) is 0 Å². The molecule has 0 N–H and O–H groups in total. The summed E-state index contributed by atoms with van der Waals surface area (Å²) in [5.41, 5.74) is 1.16. The molecule has 0 bridgehead atoms. The van der Waals surface area contributed by atoms with Gasteiger partial charge in [0.1, 0.15) is 5.15 Å². The van der Waals surface area contributed by atoms with Gasteiger partial charge in [-0.25, -0.2) is 4.98 Å². The van der Waals surface area contributed by atoms with E-state index in [9.17, 15) is 0 Å². The van der Waals surface area contributed by atoms with E-state index in [1.165, 1.54) is 38.6 Å². The van der Waals surface area contributed by atoms with Crippen molar-refractivity contribution in [1.82, 2.24) is 9.88 Å². The van der Waals surface area contributed by atoms with E-state index in [1.54, 1.807) is 6.20 Å². The molecule has 1 saturated heterocycles. The second-order valence-corrected chi connectivity index (χ2v) is 5.19. The summed E-state index contributed by atoms with van der Waals surface area (Å²) in [5, 5.41) is 0.659. The first kappa shape index (κ1) is 12.8. The van der Waals surface area contributed by atoms with Crippen LogP contribution in [-0.4, -0.2) is 22.5 Å². The molecule has 1 unspecified atom stereocenters. The first-order chi connectivity index (χ1) is 8.31. The Morgan fingerprint density at radius 3 is 3.06 bits per heavy atom. The van der Waals surface area contributed by atoms with Gasteiger partial charge in [-0.05, 0) is 31.9 Å². The van der Waals surface area contributed by atoms with Crippen LogP contribution in [0.2, 0.25) is 5.15 Å². The summed E-state index contributed by atoms with van der Waals surface area (Å²) < 4.78 is 0. The van der Waals surface area contributed by atoms with Gasteiger partial charge in [-0.1, -0.05) is 37.4 Å². The summed E-state index contributed by atoms with van der Waals surface area (Å²) in [5.74, 6) is 0. The number of hydrogen-bond acceptors (Lipinski definition) is 2. The summed E-state index contributed by atoms with van der Waals surface area (Å²) in [6.45, 7) is 4.43. The van der Waals surface area contributed by atoms with Crippen molar-refractivity contribution in [2.24, 2.45) is 0 Å². The molecular formula is C14H21ClN2. The second kappa shape index (κ2) is 6.36. The standard InChI is InChI=1S/C14H21ClN2/c1-2-13-8-4-3-5-10-17(13)11-12-7-6-9-16-14(12)15/h6-7,9,13H,2-5,8,10-11H2,1H3. The number of nitrogens with zero attached hydrogens (tertiary/aromatic N) is 2. The Kier molecular flexibility index (Phi) is 4.81. The summed E-state index contributed by atoms with van der Waals surface area (Å²) in [4.78, 5) is 6.74. The Morgan fingerprint density at radius 2 is 2.29 bits per heavy atom. The number of rotatable bonds is 3. The van der Waals surface area contributed by atoms with Crippen molar-refractivity contribution in [1.29, 1.82) is 0 Å². The fraction of sp³-hybridized carbons (Fsp3) is 0.643. The van der Waals surface area contributed by atoms with E-state index in [4.69, 9.17) is 11.6 Å². The summed E-state index contributed by atoms with van der Waals surface area (Å²) in [6.07, 6.45) is 8.37. The molecule has 17 heavy (non-hydrogen) atoms. The van der Waals surface area contributed by atoms with E-state index in [1.807, 2.05) is 6.07 Å². The molecular weight excluding hydrogens is 232 g/mol. The zero-order valence-corrected chi connectivity index (χ0v) is 11.3. The fourth-order valence-corrected chi connectivity index (χ4v) is 2.84. The van der Waals surface area contributed by atoms with E-state index in [0.717, 1.165) is 12.1 Å². The smallest absolute Gasteiger partial charge is 0.133 e. The monoisotopic (exact) mass is 252 g/mol. The van der Waals surface area contributed by atoms with Gasteiger partial charge in [0, 0.05) is 24.3 Å². The molecule has 1 aromatic heterocycles. The summed E-state index contributed by atoms with van der Waals surface area (Å²) >= 11 is 6.14. The number of halogens is 1. The van der Waals surface area contributed by atoms with Crippen molar-refractivity contribution < 1.29 is 0 Å². The van der Waals surface area contributed by atoms with Crippen LogP contribution in [0, 0.1) is 0 Å². The van der Waals surface area contributed by atoms with Gasteiger partial charge in [0.15, 0.2) is 0 Å². The minimum absolute atomic E-state index is 0.659. The van der Waals surface area contributed by atoms with Gasteiger partial charge in [0.05, 0.1) is 0 Å². The van der Waals surface area contributed by atoms with Crippen LogP contribution in [0.5, 0.6) is 0 Å². The van der Waals surface area contributed by atoms with Crippen LogP contribution >= 0.6 is 11.6 Å². The lowest BCUT2D eigenvalue weighted by Crippen LogP contribution is -2.33. The third-order valence-corrected chi connectivity index (χ3v) is 4.02. The normalized spacial score (nSPS) is 22.4. The Morgan fingerprint density at radius 1 is 1.41 bits per heavy atom. The average Bonchev–Trinajstić information content (AvgIpc) is 2.57. The Hall–Kier alpha value is -0.600. The molecule has 2 nitrogen and oxygen atoms in total. The van der Waals surface area contributed by atoms with Gasteiger partial charge in [0.2, 0.25) is 0 Å². The molecule has 1 aromatic rings. The Balaban J connectivity index is 2.07. The van der Waals surface area contributed by atoms with Gasteiger partial charge < -0.3 is 0 Å². The predicted octanol–water partition coefficient (Wildman–Crippen LogP) is 3.89. The highest BCUT2D eigenvalue weighted by Crippen LogP contribution is 2.23. The zero-order valence-electron chi connectivity index (χ0n) is 10.5. The van der Waals surface area contributed by atoms with Gasteiger partial charge >= 0.3 is 0 Å². The van der Waals surface area contributed by atoms with Crippen molar-refractivity contribution in [3.05, 3.63) is 29.0 Å². The van der Waals surface area contributed by atoms with E-state index >= 15 is 0 Å². The second-order valence-electron chi connectivity index (χ2n) is 4.84. The van der Waals surface area contributed by atoms with E-state index in [2.05, 4.69) is 22.9 Å². The largest absolute Gasteiger partial charge is 0.296 e. The lowest BCUT2D eigenvalue weighted by Gasteiger charge is -2.29. The lowest BCUT2D eigenvalue weighted by atomic mass is 10.1. The highest BCUT2D eigenvalue weighted by Gasteiger charge is 2.20. The van der Waals surface area contributed by atoms with E-state index in [-0.39, 0.29) is 0 Å². The van der Waals surface area contributed by atoms with Crippen molar-refractivity contribution in [2.75, 3.05) is 6.54 Å². The summed E-state index contributed by atoms with van der Waals surface area (Å²) in [6, 6.07) is 4.78. The van der Waals surface area contributed by atoms with E-state index in [0.29, 0.717) is 11.2 Å². The highest BCUT2D eigenvalue weighted by atomic mass is 35.5. The molecule has 0 spiro atoms. The number of likely N-dealkylation sites (tertiary alicyclic amines) is 1. The van der Waals surface area contributed by atoms with Crippen molar-refractivity contribution in [2.45, 2.75) is 51.6 Å². The van der Waals surface area contributed by atoms with Crippen LogP contribution in [0.3, 0.4) is 0 Å². The SMILES string of the molecule is CCC1CCCCCN1Cc1cccnc1Cl. The molecule has 0 radical (unpaired) electrons. The third kappa shape index (κ3) is 3.43. The molecule has 1 aliphatic rings. The van der Waals surface area contributed by atoms with Crippen molar-refractivity contribution >= 4 is 11.6 Å². The van der Waals surface area contributed by atoms with Crippen LogP contribution in [0.1, 0.15) is 44.6 Å². The van der Waals surface area contributed by atoms with Crippen molar-refractivity contribution in [3.63, 3.8) is 0 Å². The molecule has 3 heteroatoms. The Bertz CT molecular complexity index is 354. The molecule has 2 heterocycles. The van der Waals surface area contributed by atoms with Gasteiger partial charge in [-0.15, -0.1) is 0 Å². The fourth-order valence-electron chi connectivity index (χ4n) is 2.66. The van der Waals surface area contributed by atoms with Gasteiger partial charge in [0.25, 0.3) is 0 Å². The highest BCUT2D eigenvalue weighted by molar-refractivity contribution is 6.30. The molecule has 2 rings (SSSR count). The average molecular weight is 253 g/mol. The molecule has 0 saturated carbocycles. The molecule has 1 aliphatic heterocycles. The van der Waals surface area contributed by atoms with Crippen LogP contribution in [-0.2, 0) is 6.54 Å². The Labute approximate surface area is 109 Å². The molecule has 0 amide bonds. The number of hydrogen-bond donors (Lipinski definition) is 0. The third-order valence-electron chi connectivity index (χ3n) is 3.68. The molecule has 0 aromatic carbocycles. The topological polar surface area (TPSA) is 16.1 Å². The first-order valence-electron chi connectivity index (χ1n) is 6.64. The number of aromatic nitrogens is 1. The first-order valence-corrected chi connectivity index (χ1v) is 7.02. The maximum Gasteiger partial charge on any atom is 0.133 e. The van der Waals surface area contributed by atoms with E-state index < -0.39 is 0 Å². The predicted molar refractivity (Wildman–Crippen MR) is 72.2 cm³/mol. The maximum absolute atomic E-state index is 6.14. The van der Waals surface area contributed by atoms with Crippen molar-refractivity contribution in [3.8, 4) is 0 Å². The molecule has 94 valence electrons. The lowest BCUT2D eigenvalue weighted by molar-refractivity contribution is 0.186. The number of pyridine rings is 1. The van der Waals surface area contributed by atoms with Gasteiger partial charge in [-0.2, -0.15) is 0 Å². The minimum atomic E-state index is 0.659. The minimum Gasteiger partial charge on any atom is -0.296 e. The summed E-state index contributed by atoms with van der Waals surface area (Å²) in [7, 11) is 0. The maximum atomic E-state index is 6.14. The molecule has 0 aliphatic carbocycles. The zero-order chi connectivity index (χ0) is 12.1. The molecule has 1 atom stereocenters. The van der Waals surface area contributed by atoms with Crippen LogP contribution in [0.4, 0.5) is 0 Å². The van der Waals surface area contributed by atoms with Crippen LogP contribution in [0.15, 0.2) is 18.3 Å². The quantitative estimate of drug-likeness (QED) is 0.759. The van der Waals surface area contributed by atoms with Gasteiger partial charge in [-0.3, -0.25) is 4.90 Å². The van der Waals surface area contributed by atoms with Crippen LogP contribution < -0.4 is 0 Å².